The first-order valence-corrected chi connectivity index (χ1v) is 7.47. The highest BCUT2D eigenvalue weighted by Gasteiger charge is 2.08. The lowest BCUT2D eigenvalue weighted by atomic mass is 10.2. The molecule has 6 heteroatoms. The first-order chi connectivity index (χ1) is 10.2. The molecule has 2 rings (SSSR count). The Labute approximate surface area is 136 Å². The van der Waals surface area contributed by atoms with Gasteiger partial charge in [0.15, 0.2) is 0 Å². The van der Waals surface area contributed by atoms with Crippen LogP contribution in [-0.4, -0.2) is 29.9 Å². The molecule has 0 radical (unpaired) electrons. The molecule has 0 atom stereocenters. The van der Waals surface area contributed by atoms with Crippen LogP contribution in [0.15, 0.2) is 48.8 Å². The number of hydrogen-bond donors (Lipinski definition) is 2. The van der Waals surface area contributed by atoms with E-state index in [-0.39, 0.29) is 11.8 Å². The van der Waals surface area contributed by atoms with Crippen molar-refractivity contribution < 1.29 is 9.59 Å². The van der Waals surface area contributed by atoms with E-state index < -0.39 is 0 Å². The minimum absolute atomic E-state index is 0.143. The molecule has 5 nitrogen and oxygen atoms in total. The summed E-state index contributed by atoms with van der Waals surface area (Å²) in [5.74, 6) is -0.345. The van der Waals surface area contributed by atoms with Crippen LogP contribution in [0.5, 0.6) is 0 Å². The average molecular weight is 395 g/mol. The Morgan fingerprint density at radius 1 is 1.00 bits per heavy atom. The molecule has 0 unspecified atom stereocenters. The number of amides is 2. The van der Waals surface area contributed by atoms with Gasteiger partial charge in [0.05, 0.1) is 11.1 Å². The van der Waals surface area contributed by atoms with Crippen LogP contribution >= 0.6 is 22.6 Å². The highest BCUT2D eigenvalue weighted by molar-refractivity contribution is 14.1. The summed E-state index contributed by atoms with van der Waals surface area (Å²) < 4.78 is 0.895. The van der Waals surface area contributed by atoms with Crippen LogP contribution in [-0.2, 0) is 0 Å². The van der Waals surface area contributed by atoms with Crippen molar-refractivity contribution in [3.63, 3.8) is 0 Å². The van der Waals surface area contributed by atoms with Crippen molar-refractivity contribution in [1.29, 1.82) is 0 Å². The maximum absolute atomic E-state index is 11.9. The molecule has 2 amide bonds. The molecule has 0 spiro atoms. The summed E-state index contributed by atoms with van der Waals surface area (Å²) in [6, 6.07) is 10.7. The predicted molar refractivity (Wildman–Crippen MR) is 88.1 cm³/mol. The Balaban J connectivity index is 1.76. The van der Waals surface area contributed by atoms with E-state index in [1.54, 1.807) is 24.4 Å². The lowest BCUT2D eigenvalue weighted by molar-refractivity contribution is 0.0927. The number of carbonyl (C=O) groups is 2. The quantitative estimate of drug-likeness (QED) is 0.600. The minimum atomic E-state index is -0.202. The zero-order chi connectivity index (χ0) is 15.1. The van der Waals surface area contributed by atoms with Crippen molar-refractivity contribution in [3.8, 4) is 0 Å². The van der Waals surface area contributed by atoms with Crippen LogP contribution in [0.3, 0.4) is 0 Å². The van der Waals surface area contributed by atoms with Gasteiger partial charge in [-0.25, -0.2) is 0 Å². The molecule has 0 saturated carbocycles. The first kappa shape index (κ1) is 15.4. The highest BCUT2D eigenvalue weighted by atomic mass is 127. The Bertz CT molecular complexity index is 632. The zero-order valence-electron chi connectivity index (χ0n) is 11.2. The van der Waals surface area contributed by atoms with Crippen molar-refractivity contribution in [3.05, 3.63) is 63.5 Å². The SMILES string of the molecule is O=C(NCCNC(=O)c1ccccc1I)c1cccnc1. The Kier molecular flexibility index (Phi) is 5.68. The molecule has 1 aromatic heterocycles. The van der Waals surface area contributed by atoms with E-state index in [1.165, 1.54) is 6.20 Å². The topological polar surface area (TPSA) is 71.1 Å². The summed E-state index contributed by atoms with van der Waals surface area (Å²) in [5, 5.41) is 5.50. The summed E-state index contributed by atoms with van der Waals surface area (Å²) in [7, 11) is 0. The third-order valence-corrected chi connectivity index (χ3v) is 3.68. The second-order valence-corrected chi connectivity index (χ2v) is 5.40. The van der Waals surface area contributed by atoms with Gasteiger partial charge in [-0.15, -0.1) is 0 Å². The monoisotopic (exact) mass is 395 g/mol. The van der Waals surface area contributed by atoms with Gasteiger partial charge in [0.1, 0.15) is 0 Å². The van der Waals surface area contributed by atoms with Gasteiger partial charge < -0.3 is 10.6 Å². The molecule has 0 aliphatic rings. The van der Waals surface area contributed by atoms with E-state index in [2.05, 4.69) is 38.2 Å². The third kappa shape index (κ3) is 4.52. The molecular weight excluding hydrogens is 381 g/mol. The fraction of sp³-hybridized carbons (Fsp3) is 0.133. The fourth-order valence-corrected chi connectivity index (χ4v) is 2.32. The maximum atomic E-state index is 11.9. The molecule has 21 heavy (non-hydrogen) atoms. The van der Waals surface area contributed by atoms with Gasteiger partial charge in [-0.1, -0.05) is 12.1 Å². The van der Waals surface area contributed by atoms with Gasteiger partial charge in [-0.3, -0.25) is 14.6 Å². The number of carbonyl (C=O) groups excluding carboxylic acids is 2. The summed E-state index contributed by atoms with van der Waals surface area (Å²) in [5.41, 5.74) is 1.14. The largest absolute Gasteiger partial charge is 0.350 e. The Hall–Kier alpha value is -1.96. The predicted octanol–water partition coefficient (Wildman–Crippen LogP) is 1.85. The number of nitrogens with one attached hydrogen (secondary N) is 2. The molecule has 0 saturated heterocycles. The molecule has 1 heterocycles. The molecule has 1 aromatic carbocycles. The number of hydrogen-bond acceptors (Lipinski definition) is 3. The van der Waals surface area contributed by atoms with Gasteiger partial charge in [0, 0.05) is 29.1 Å². The van der Waals surface area contributed by atoms with Gasteiger partial charge in [-0.05, 0) is 46.9 Å². The highest BCUT2D eigenvalue weighted by Crippen LogP contribution is 2.10. The first-order valence-electron chi connectivity index (χ1n) is 6.39. The van der Waals surface area contributed by atoms with Gasteiger partial charge in [-0.2, -0.15) is 0 Å². The molecule has 0 aliphatic carbocycles. The smallest absolute Gasteiger partial charge is 0.252 e. The van der Waals surface area contributed by atoms with E-state index in [0.29, 0.717) is 24.2 Å². The van der Waals surface area contributed by atoms with Crippen molar-refractivity contribution in [1.82, 2.24) is 15.6 Å². The molecule has 108 valence electrons. The lowest BCUT2D eigenvalue weighted by Gasteiger charge is -2.08. The van der Waals surface area contributed by atoms with Crippen molar-refractivity contribution in [2.75, 3.05) is 13.1 Å². The van der Waals surface area contributed by atoms with Crippen molar-refractivity contribution in [2.24, 2.45) is 0 Å². The second kappa shape index (κ2) is 7.72. The van der Waals surface area contributed by atoms with Crippen molar-refractivity contribution >= 4 is 34.4 Å². The number of halogens is 1. The van der Waals surface area contributed by atoms with Gasteiger partial charge >= 0.3 is 0 Å². The van der Waals surface area contributed by atoms with E-state index in [4.69, 9.17) is 0 Å². The van der Waals surface area contributed by atoms with E-state index in [9.17, 15) is 9.59 Å². The van der Waals surface area contributed by atoms with E-state index in [1.807, 2.05) is 18.2 Å². The summed E-state index contributed by atoms with van der Waals surface area (Å²) in [4.78, 5) is 27.6. The normalized spacial score (nSPS) is 9.95. The summed E-state index contributed by atoms with van der Waals surface area (Å²) >= 11 is 2.12. The van der Waals surface area contributed by atoms with Crippen LogP contribution < -0.4 is 10.6 Å². The van der Waals surface area contributed by atoms with Gasteiger partial charge in [0.2, 0.25) is 0 Å². The van der Waals surface area contributed by atoms with Crippen LogP contribution in [0.1, 0.15) is 20.7 Å². The minimum Gasteiger partial charge on any atom is -0.350 e. The van der Waals surface area contributed by atoms with E-state index in [0.717, 1.165) is 3.57 Å². The Morgan fingerprint density at radius 3 is 2.38 bits per heavy atom. The van der Waals surface area contributed by atoms with E-state index >= 15 is 0 Å². The second-order valence-electron chi connectivity index (χ2n) is 4.23. The molecule has 2 N–H and O–H groups in total. The van der Waals surface area contributed by atoms with Crippen LogP contribution in [0.2, 0.25) is 0 Å². The molecule has 0 bridgehead atoms. The average Bonchev–Trinajstić information content (AvgIpc) is 2.52. The summed E-state index contributed by atoms with van der Waals surface area (Å²) in [6.07, 6.45) is 3.11. The maximum Gasteiger partial charge on any atom is 0.252 e. The zero-order valence-corrected chi connectivity index (χ0v) is 13.3. The standard InChI is InChI=1S/C15H14IN3O2/c16-13-6-2-1-5-12(13)15(21)19-9-8-18-14(20)11-4-3-7-17-10-11/h1-7,10H,8-9H2,(H,18,20)(H,19,21). The molecule has 0 aliphatic heterocycles. The molecule has 0 fully saturated rings. The molecular formula is C15H14IN3O2. The Morgan fingerprint density at radius 2 is 1.71 bits per heavy atom. The van der Waals surface area contributed by atoms with Gasteiger partial charge in [0.25, 0.3) is 11.8 Å². The van der Waals surface area contributed by atoms with Crippen LogP contribution in [0, 0.1) is 3.57 Å². The fourth-order valence-electron chi connectivity index (χ4n) is 1.69. The third-order valence-electron chi connectivity index (χ3n) is 2.74. The van der Waals surface area contributed by atoms with Crippen molar-refractivity contribution in [2.45, 2.75) is 0 Å². The molecule has 2 aromatic rings. The summed E-state index contributed by atoms with van der Waals surface area (Å²) in [6.45, 7) is 0.735. The number of nitrogens with zero attached hydrogens (tertiary/aromatic N) is 1. The van der Waals surface area contributed by atoms with Crippen LogP contribution in [0.25, 0.3) is 0 Å². The lowest BCUT2D eigenvalue weighted by Crippen LogP contribution is -2.35. The number of benzene rings is 1. The number of pyridine rings is 1. The van der Waals surface area contributed by atoms with Crippen LogP contribution in [0.4, 0.5) is 0 Å². The number of rotatable bonds is 5. The number of aromatic nitrogens is 1.